The minimum Gasteiger partial charge on any atom is -0.462 e. The van der Waals surface area contributed by atoms with E-state index >= 15 is 0 Å². The molecule has 264 valence electrons. The van der Waals surface area contributed by atoms with E-state index in [0.717, 1.165) is 64.2 Å². The fraction of sp³-hybridized carbons (Fsp3) is 0.872. The van der Waals surface area contributed by atoms with Crippen molar-refractivity contribution in [3.05, 3.63) is 12.2 Å². The van der Waals surface area contributed by atoms with Crippen molar-refractivity contribution in [3.63, 3.8) is 0 Å². The molecule has 0 N–H and O–H groups in total. The topological polar surface area (TPSA) is 78.9 Å². The molecule has 0 saturated carbocycles. The molecule has 0 bridgehead atoms. The van der Waals surface area contributed by atoms with E-state index in [0.29, 0.717) is 19.3 Å². The minimum absolute atomic E-state index is 0.0714. The first-order chi connectivity index (χ1) is 22.0. The maximum absolute atomic E-state index is 12.5. The van der Waals surface area contributed by atoms with E-state index in [4.69, 9.17) is 14.2 Å². The van der Waals surface area contributed by atoms with Gasteiger partial charge in [-0.25, -0.2) is 0 Å². The molecule has 0 aliphatic carbocycles. The van der Waals surface area contributed by atoms with Gasteiger partial charge < -0.3 is 14.2 Å². The monoisotopic (exact) mass is 637 g/mol. The minimum atomic E-state index is -0.760. The molecule has 0 radical (unpaired) electrons. The summed E-state index contributed by atoms with van der Waals surface area (Å²) < 4.78 is 16.5. The molecule has 0 aromatic rings. The molecule has 0 saturated heterocycles. The van der Waals surface area contributed by atoms with Crippen molar-refractivity contribution in [2.45, 2.75) is 207 Å². The highest BCUT2D eigenvalue weighted by Crippen LogP contribution is 2.13. The van der Waals surface area contributed by atoms with Crippen molar-refractivity contribution in [2.75, 3.05) is 13.2 Å². The smallest absolute Gasteiger partial charge is 0.306 e. The van der Waals surface area contributed by atoms with Crippen LogP contribution in [0.4, 0.5) is 0 Å². The molecule has 1 atom stereocenters. The van der Waals surface area contributed by atoms with Crippen LogP contribution in [0.25, 0.3) is 0 Å². The molecule has 0 rings (SSSR count). The first-order valence-electron chi connectivity index (χ1n) is 19.2. The molecule has 0 heterocycles. The molecule has 6 heteroatoms. The predicted octanol–water partition coefficient (Wildman–Crippen LogP) is 11.5. The average molecular weight is 637 g/mol. The second-order valence-corrected chi connectivity index (χ2v) is 12.8. The molecule has 6 nitrogen and oxygen atoms in total. The maximum Gasteiger partial charge on any atom is 0.306 e. The fourth-order valence-corrected chi connectivity index (χ4v) is 5.32. The van der Waals surface area contributed by atoms with Crippen LogP contribution >= 0.6 is 0 Å². The van der Waals surface area contributed by atoms with Crippen LogP contribution in [0.2, 0.25) is 0 Å². The third kappa shape index (κ3) is 33.3. The Morgan fingerprint density at radius 1 is 0.422 bits per heavy atom. The van der Waals surface area contributed by atoms with E-state index in [1.807, 2.05) is 0 Å². The number of unbranched alkanes of at least 4 members (excludes halogenated alkanes) is 21. The van der Waals surface area contributed by atoms with Gasteiger partial charge in [-0.3, -0.25) is 14.4 Å². The summed E-state index contributed by atoms with van der Waals surface area (Å²) in [7, 11) is 0. The summed E-state index contributed by atoms with van der Waals surface area (Å²) in [5, 5.41) is 0. The molecule has 0 aromatic carbocycles. The third-order valence-corrected chi connectivity index (χ3v) is 8.27. The number of rotatable bonds is 34. The van der Waals surface area contributed by atoms with Crippen molar-refractivity contribution in [1.29, 1.82) is 0 Å². The summed E-state index contributed by atoms with van der Waals surface area (Å²) in [6.07, 6.45) is 33.6. The van der Waals surface area contributed by atoms with Gasteiger partial charge in [-0.1, -0.05) is 148 Å². The van der Waals surface area contributed by atoms with Crippen LogP contribution in [0.1, 0.15) is 201 Å². The second-order valence-electron chi connectivity index (χ2n) is 12.8. The summed E-state index contributed by atoms with van der Waals surface area (Å²) in [6.45, 7) is 6.50. The number of esters is 3. The number of hydrogen-bond donors (Lipinski definition) is 0. The molecular weight excluding hydrogens is 564 g/mol. The lowest BCUT2D eigenvalue weighted by atomic mass is 10.1. The summed E-state index contributed by atoms with van der Waals surface area (Å²) in [5.41, 5.74) is 0. The lowest BCUT2D eigenvalue weighted by Crippen LogP contribution is -2.30. The van der Waals surface area contributed by atoms with Crippen molar-refractivity contribution in [2.24, 2.45) is 0 Å². The number of ether oxygens (including phenoxy) is 3. The van der Waals surface area contributed by atoms with Crippen LogP contribution in [0.5, 0.6) is 0 Å². The Kier molecular flexibility index (Phi) is 33.6. The van der Waals surface area contributed by atoms with Crippen LogP contribution in [0.3, 0.4) is 0 Å². The van der Waals surface area contributed by atoms with E-state index in [1.54, 1.807) is 0 Å². The van der Waals surface area contributed by atoms with E-state index in [2.05, 4.69) is 32.9 Å². The largest absolute Gasteiger partial charge is 0.462 e. The average Bonchev–Trinajstić information content (AvgIpc) is 3.03. The zero-order valence-electron chi connectivity index (χ0n) is 29.9. The summed E-state index contributed by atoms with van der Waals surface area (Å²) in [5.74, 6) is -0.898. The molecule has 0 aliphatic heterocycles. The highest BCUT2D eigenvalue weighted by Gasteiger charge is 2.19. The Labute approximate surface area is 278 Å². The highest BCUT2D eigenvalue weighted by atomic mass is 16.6. The Hall–Kier alpha value is -1.85. The Morgan fingerprint density at radius 3 is 1.11 bits per heavy atom. The Bertz CT molecular complexity index is 704. The molecule has 0 spiro atoms. The standard InChI is InChI=1S/C39H72O6/c1-4-7-10-13-16-17-18-19-20-21-22-24-26-29-32-38(41)44-35-36(34-43-37(40)31-28-25-15-12-9-6-3)45-39(42)33-30-27-23-14-11-8-5-2/h18-19,36H,4-17,20-35H2,1-3H3/b19-18-. The first-order valence-corrected chi connectivity index (χ1v) is 19.2. The fourth-order valence-electron chi connectivity index (χ4n) is 5.32. The number of allylic oxidation sites excluding steroid dienone is 2. The molecule has 0 aromatic heterocycles. The lowest BCUT2D eigenvalue weighted by Gasteiger charge is -2.18. The number of carbonyl (C=O) groups excluding carboxylic acids is 3. The van der Waals surface area contributed by atoms with Gasteiger partial charge in [0.15, 0.2) is 6.10 Å². The molecule has 1 unspecified atom stereocenters. The normalized spacial score (nSPS) is 12.0. The Morgan fingerprint density at radius 2 is 0.733 bits per heavy atom. The van der Waals surface area contributed by atoms with Gasteiger partial charge in [-0.15, -0.1) is 0 Å². The zero-order chi connectivity index (χ0) is 33.1. The zero-order valence-corrected chi connectivity index (χ0v) is 29.9. The van der Waals surface area contributed by atoms with Gasteiger partial charge in [-0.2, -0.15) is 0 Å². The van der Waals surface area contributed by atoms with Crippen LogP contribution in [-0.4, -0.2) is 37.2 Å². The molecule has 0 amide bonds. The van der Waals surface area contributed by atoms with Crippen molar-refractivity contribution >= 4 is 17.9 Å². The molecule has 0 aliphatic rings. The van der Waals surface area contributed by atoms with Gasteiger partial charge in [0.2, 0.25) is 0 Å². The van der Waals surface area contributed by atoms with E-state index in [9.17, 15) is 14.4 Å². The molecule has 45 heavy (non-hydrogen) atoms. The van der Waals surface area contributed by atoms with E-state index in [-0.39, 0.29) is 31.1 Å². The van der Waals surface area contributed by atoms with Crippen LogP contribution < -0.4 is 0 Å². The van der Waals surface area contributed by atoms with Gasteiger partial charge >= 0.3 is 17.9 Å². The van der Waals surface area contributed by atoms with Crippen LogP contribution in [-0.2, 0) is 28.6 Å². The predicted molar refractivity (Wildman–Crippen MR) is 187 cm³/mol. The lowest BCUT2D eigenvalue weighted by molar-refractivity contribution is -0.167. The highest BCUT2D eigenvalue weighted by molar-refractivity contribution is 5.71. The van der Waals surface area contributed by atoms with Gasteiger partial charge in [0.25, 0.3) is 0 Å². The quantitative estimate of drug-likeness (QED) is 0.0303. The molecular formula is C39H72O6. The van der Waals surface area contributed by atoms with Crippen molar-refractivity contribution in [3.8, 4) is 0 Å². The summed E-state index contributed by atoms with van der Waals surface area (Å²) in [4.78, 5) is 37.1. The summed E-state index contributed by atoms with van der Waals surface area (Å²) >= 11 is 0. The van der Waals surface area contributed by atoms with E-state index < -0.39 is 6.10 Å². The third-order valence-electron chi connectivity index (χ3n) is 8.27. The van der Waals surface area contributed by atoms with Crippen LogP contribution in [0.15, 0.2) is 12.2 Å². The Balaban J connectivity index is 4.25. The number of carbonyl (C=O) groups is 3. The van der Waals surface area contributed by atoms with Gasteiger partial charge in [0.1, 0.15) is 13.2 Å². The second kappa shape index (κ2) is 35.0. The van der Waals surface area contributed by atoms with E-state index in [1.165, 1.54) is 96.3 Å². The van der Waals surface area contributed by atoms with Gasteiger partial charge in [0, 0.05) is 19.3 Å². The van der Waals surface area contributed by atoms with Crippen molar-refractivity contribution < 1.29 is 28.6 Å². The number of hydrogen-bond acceptors (Lipinski definition) is 6. The van der Waals surface area contributed by atoms with Crippen LogP contribution in [0, 0.1) is 0 Å². The molecule has 0 fully saturated rings. The SMILES string of the molecule is CCCCCCC/C=C\CCCCCCCC(=O)OCC(COC(=O)CCCCCCCC)OC(=O)CCCCCCCCC. The maximum atomic E-state index is 12.5. The summed E-state index contributed by atoms with van der Waals surface area (Å²) in [6, 6.07) is 0. The first kappa shape index (κ1) is 43.1. The van der Waals surface area contributed by atoms with Gasteiger partial charge in [-0.05, 0) is 44.9 Å². The van der Waals surface area contributed by atoms with Crippen molar-refractivity contribution in [1.82, 2.24) is 0 Å². The van der Waals surface area contributed by atoms with Gasteiger partial charge in [0.05, 0.1) is 0 Å².